The quantitative estimate of drug-likeness (QED) is 0.159. The number of hydrogen-bond acceptors (Lipinski definition) is 5. The van der Waals surface area contributed by atoms with Crippen LogP contribution in [0.2, 0.25) is 0 Å². The minimum Gasteiger partial charge on any atom is -0.370 e. The van der Waals surface area contributed by atoms with Crippen molar-refractivity contribution in [2.45, 2.75) is 50.2 Å². The number of Topliss-reactive ketones (excluding diaryl/α,β-unsaturated/α-hetero) is 1. The minimum absolute atomic E-state index is 0.0313. The first-order valence-electron chi connectivity index (χ1n) is 10.4. The Bertz CT molecular complexity index is 785. The van der Waals surface area contributed by atoms with Crippen molar-refractivity contribution in [2.75, 3.05) is 19.0 Å². The van der Waals surface area contributed by atoms with Crippen LogP contribution in [0.1, 0.15) is 31.2 Å². The molecule has 9 nitrogen and oxygen atoms in total. The second-order valence-corrected chi connectivity index (χ2v) is 7.86. The van der Waals surface area contributed by atoms with Gasteiger partial charge in [0.2, 0.25) is 11.8 Å². The fourth-order valence-electron chi connectivity index (χ4n) is 3.65. The van der Waals surface area contributed by atoms with Crippen molar-refractivity contribution in [3.05, 3.63) is 35.9 Å². The summed E-state index contributed by atoms with van der Waals surface area (Å²) in [6, 6.07) is 7.34. The van der Waals surface area contributed by atoms with Gasteiger partial charge >= 0.3 is 0 Å². The number of guanidine groups is 1. The summed E-state index contributed by atoms with van der Waals surface area (Å²) in [5.74, 6) is -1.19. The van der Waals surface area contributed by atoms with E-state index in [-0.39, 0.29) is 29.4 Å². The molecule has 1 heterocycles. The maximum atomic E-state index is 12.9. The number of amides is 2. The number of benzene rings is 1. The van der Waals surface area contributed by atoms with Crippen LogP contribution in [-0.2, 0) is 20.8 Å². The first-order valence-corrected chi connectivity index (χ1v) is 10.9. The van der Waals surface area contributed by atoms with Gasteiger partial charge in [0.1, 0.15) is 6.04 Å². The molecule has 0 spiro atoms. The van der Waals surface area contributed by atoms with Gasteiger partial charge < -0.3 is 27.4 Å². The van der Waals surface area contributed by atoms with Gasteiger partial charge in [0.05, 0.1) is 18.0 Å². The lowest BCUT2D eigenvalue weighted by molar-refractivity contribution is -0.140. The lowest BCUT2D eigenvalue weighted by Gasteiger charge is -2.28. The Morgan fingerprint density at radius 1 is 1.23 bits per heavy atom. The molecule has 1 saturated heterocycles. The number of rotatable bonds is 11. The van der Waals surface area contributed by atoms with Crippen molar-refractivity contribution >= 4 is 35.2 Å². The monoisotopic (exact) mass is 450 g/mol. The van der Waals surface area contributed by atoms with Gasteiger partial charge in [0, 0.05) is 13.1 Å². The van der Waals surface area contributed by atoms with E-state index < -0.39 is 18.1 Å². The van der Waals surface area contributed by atoms with Crippen LogP contribution in [0.15, 0.2) is 35.3 Å². The molecule has 0 aromatic heterocycles. The summed E-state index contributed by atoms with van der Waals surface area (Å²) in [6.45, 7) is 0.796. The van der Waals surface area contributed by atoms with Gasteiger partial charge in [-0.1, -0.05) is 30.3 Å². The molecule has 1 aliphatic rings. The summed E-state index contributed by atoms with van der Waals surface area (Å²) >= 11 is 5.70. The lowest BCUT2D eigenvalue weighted by atomic mass is 10.0. The van der Waals surface area contributed by atoms with Crippen molar-refractivity contribution in [1.29, 1.82) is 0 Å². The van der Waals surface area contributed by atoms with Crippen molar-refractivity contribution in [1.82, 2.24) is 10.2 Å². The summed E-state index contributed by atoms with van der Waals surface area (Å²) in [6.07, 6.45) is 2.46. The van der Waals surface area contributed by atoms with Gasteiger partial charge in [-0.2, -0.15) is 0 Å². The molecule has 3 atom stereocenters. The molecule has 0 saturated carbocycles. The number of aliphatic imine (C=N–C) groups is 1. The number of nitrogens with two attached hydrogens (primary N) is 3. The van der Waals surface area contributed by atoms with Gasteiger partial charge in [0.25, 0.3) is 0 Å². The Morgan fingerprint density at radius 2 is 1.94 bits per heavy atom. The summed E-state index contributed by atoms with van der Waals surface area (Å²) in [5, 5.41) is 2.75. The number of alkyl halides is 1. The molecule has 0 unspecified atom stereocenters. The van der Waals surface area contributed by atoms with Crippen LogP contribution < -0.4 is 22.5 Å². The maximum Gasteiger partial charge on any atom is 0.243 e. The average molecular weight is 451 g/mol. The number of hydrogen-bond donors (Lipinski definition) is 4. The fraction of sp³-hybridized carbons (Fsp3) is 0.524. The van der Waals surface area contributed by atoms with Crippen molar-refractivity contribution < 1.29 is 14.4 Å². The van der Waals surface area contributed by atoms with Crippen LogP contribution in [0, 0.1) is 0 Å². The number of carbonyl (C=O) groups excluding carboxylic acids is 3. The molecular weight excluding hydrogens is 420 g/mol. The second-order valence-electron chi connectivity index (χ2n) is 7.60. The summed E-state index contributed by atoms with van der Waals surface area (Å²) in [7, 11) is 0. The largest absolute Gasteiger partial charge is 0.370 e. The van der Waals surface area contributed by atoms with Crippen molar-refractivity contribution in [3.8, 4) is 0 Å². The highest BCUT2D eigenvalue weighted by atomic mass is 35.5. The SMILES string of the molecule is NC(N)=NCCC[C@H](NC(=O)[C@@H]1CCCN1C(=O)[C@@H](N)Cc1ccccc1)C(=O)CCl. The van der Waals surface area contributed by atoms with E-state index in [1.807, 2.05) is 30.3 Å². The number of carbonyl (C=O) groups is 3. The Morgan fingerprint density at radius 3 is 2.58 bits per heavy atom. The molecule has 170 valence electrons. The van der Waals surface area contributed by atoms with E-state index in [0.717, 1.165) is 5.56 Å². The third kappa shape index (κ3) is 7.52. The average Bonchev–Trinajstić information content (AvgIpc) is 3.25. The zero-order chi connectivity index (χ0) is 22.8. The van der Waals surface area contributed by atoms with Crippen LogP contribution in [0.3, 0.4) is 0 Å². The van der Waals surface area contributed by atoms with Gasteiger partial charge in [-0.25, -0.2) is 0 Å². The van der Waals surface area contributed by atoms with Gasteiger partial charge in [-0.15, -0.1) is 11.6 Å². The zero-order valence-corrected chi connectivity index (χ0v) is 18.3. The number of nitrogens with one attached hydrogen (secondary N) is 1. The molecule has 2 amide bonds. The van der Waals surface area contributed by atoms with E-state index in [4.69, 9.17) is 28.8 Å². The van der Waals surface area contributed by atoms with E-state index in [9.17, 15) is 14.4 Å². The molecule has 10 heteroatoms. The first-order chi connectivity index (χ1) is 14.8. The standard InChI is InChI=1S/C21H31ClN6O3/c22-13-18(29)16(8-4-10-26-21(24)25)27-19(30)17-9-5-11-28(17)20(31)15(23)12-14-6-2-1-3-7-14/h1-3,6-7,15-17H,4-5,8-13,23H2,(H,27,30)(H4,24,25,26)/t15-,16-,17-/m0/s1. The smallest absolute Gasteiger partial charge is 0.243 e. The highest BCUT2D eigenvalue weighted by molar-refractivity contribution is 6.28. The van der Waals surface area contributed by atoms with Crippen LogP contribution >= 0.6 is 11.6 Å². The molecule has 31 heavy (non-hydrogen) atoms. The molecule has 1 fully saturated rings. The van der Waals surface area contributed by atoms with Gasteiger partial charge in [0.15, 0.2) is 11.7 Å². The topological polar surface area (TPSA) is 157 Å². The molecule has 1 aliphatic heterocycles. The molecule has 2 rings (SSSR count). The molecule has 1 aromatic rings. The van der Waals surface area contributed by atoms with Crippen molar-refractivity contribution in [2.24, 2.45) is 22.2 Å². The molecular formula is C21H31ClN6O3. The van der Waals surface area contributed by atoms with E-state index in [2.05, 4.69) is 10.3 Å². The van der Waals surface area contributed by atoms with E-state index >= 15 is 0 Å². The summed E-state index contributed by atoms with van der Waals surface area (Å²) in [4.78, 5) is 43.4. The number of nitrogens with zero attached hydrogens (tertiary/aromatic N) is 2. The predicted octanol–water partition coefficient (Wildman–Crippen LogP) is -0.106. The maximum absolute atomic E-state index is 12.9. The molecule has 0 bridgehead atoms. The van der Waals surface area contributed by atoms with Gasteiger partial charge in [-0.3, -0.25) is 19.4 Å². The normalized spacial score (nSPS) is 17.6. The van der Waals surface area contributed by atoms with Crippen LogP contribution in [0.4, 0.5) is 0 Å². The Labute approximate surface area is 187 Å². The molecule has 1 aromatic carbocycles. The Balaban J connectivity index is 1.98. The number of likely N-dealkylation sites (tertiary alicyclic amines) is 1. The van der Waals surface area contributed by atoms with Gasteiger partial charge in [-0.05, 0) is 37.7 Å². The predicted molar refractivity (Wildman–Crippen MR) is 120 cm³/mol. The summed E-state index contributed by atoms with van der Waals surface area (Å²) < 4.78 is 0. The molecule has 7 N–H and O–H groups in total. The van der Waals surface area contributed by atoms with Crippen LogP contribution in [0.5, 0.6) is 0 Å². The molecule has 0 radical (unpaired) electrons. The highest BCUT2D eigenvalue weighted by Crippen LogP contribution is 2.20. The molecule has 0 aliphatic carbocycles. The first kappa shape index (κ1) is 24.6. The number of halogens is 1. The third-order valence-corrected chi connectivity index (χ3v) is 5.50. The second kappa shape index (κ2) is 12.3. The van der Waals surface area contributed by atoms with Crippen molar-refractivity contribution in [3.63, 3.8) is 0 Å². The summed E-state index contributed by atoms with van der Waals surface area (Å²) in [5.41, 5.74) is 17.7. The minimum atomic E-state index is -0.755. The number of ketones is 1. The third-order valence-electron chi connectivity index (χ3n) is 5.24. The van der Waals surface area contributed by atoms with E-state index in [1.165, 1.54) is 4.90 Å². The Kier molecular flexibility index (Phi) is 9.74. The Hall–Kier alpha value is -2.65. The van der Waals surface area contributed by atoms with E-state index in [0.29, 0.717) is 45.2 Å². The fourth-order valence-corrected chi connectivity index (χ4v) is 3.84. The lowest BCUT2D eigenvalue weighted by Crippen LogP contribution is -2.54. The van der Waals surface area contributed by atoms with E-state index in [1.54, 1.807) is 0 Å². The van der Waals surface area contributed by atoms with Crippen LogP contribution in [0.25, 0.3) is 0 Å². The highest BCUT2D eigenvalue weighted by Gasteiger charge is 2.37. The van der Waals surface area contributed by atoms with Crippen LogP contribution in [-0.4, -0.2) is 65.6 Å². The zero-order valence-electron chi connectivity index (χ0n) is 17.5.